The van der Waals surface area contributed by atoms with Gasteiger partial charge in [0, 0.05) is 6.42 Å². The van der Waals surface area contributed by atoms with Gasteiger partial charge in [0.2, 0.25) is 0 Å². The van der Waals surface area contributed by atoms with E-state index in [2.05, 4.69) is 26.5 Å². The second-order valence-corrected chi connectivity index (χ2v) is 6.31. The van der Waals surface area contributed by atoms with Crippen LogP contribution in [-0.4, -0.2) is 19.5 Å². The van der Waals surface area contributed by atoms with Crippen molar-refractivity contribution in [3.05, 3.63) is 30.3 Å². The Hall–Kier alpha value is -0.910. The van der Waals surface area contributed by atoms with Gasteiger partial charge in [0.15, 0.2) is 0 Å². The smallest absolute Gasteiger partial charge is 0.124 e. The van der Waals surface area contributed by atoms with E-state index in [9.17, 15) is 13.0 Å². The minimum atomic E-state index is -4.25. The van der Waals surface area contributed by atoms with Crippen LogP contribution in [0.1, 0.15) is 27.2 Å². The highest BCUT2D eigenvalue weighted by molar-refractivity contribution is 7.85. The molecule has 0 unspecified atom stereocenters. The number of quaternary nitrogens is 1. The van der Waals surface area contributed by atoms with Crippen molar-refractivity contribution < 1.29 is 18.7 Å². The first-order valence-electron chi connectivity index (χ1n) is 5.47. The van der Waals surface area contributed by atoms with E-state index in [4.69, 9.17) is 0 Å². The number of rotatable bonds is 2. The van der Waals surface area contributed by atoms with E-state index in [1.54, 1.807) is 6.07 Å². The van der Waals surface area contributed by atoms with Crippen molar-refractivity contribution in [2.75, 3.05) is 6.54 Å². The van der Waals surface area contributed by atoms with Gasteiger partial charge in [-0.15, -0.1) is 0 Å². The molecule has 0 aliphatic heterocycles. The molecule has 0 saturated carbocycles. The molecule has 0 radical (unpaired) electrons. The molecule has 0 saturated heterocycles. The normalized spacial score (nSPS) is 11.6. The van der Waals surface area contributed by atoms with E-state index in [0.717, 1.165) is 6.54 Å². The lowest BCUT2D eigenvalue weighted by molar-refractivity contribution is -0.371. The van der Waals surface area contributed by atoms with E-state index in [0.29, 0.717) is 5.41 Å². The Kier molecular flexibility index (Phi) is 6.37. The average molecular weight is 259 g/mol. The predicted molar refractivity (Wildman–Crippen MR) is 66.2 cm³/mol. The highest BCUT2D eigenvalue weighted by atomic mass is 32.2. The van der Waals surface area contributed by atoms with Gasteiger partial charge in [-0.25, -0.2) is 8.42 Å². The van der Waals surface area contributed by atoms with Gasteiger partial charge in [-0.2, -0.15) is 0 Å². The summed E-state index contributed by atoms with van der Waals surface area (Å²) in [5.74, 6) is 0. The molecule has 4 nitrogen and oxygen atoms in total. The molecular formula is C12H21NO3S. The molecular weight excluding hydrogens is 238 g/mol. The maximum Gasteiger partial charge on any atom is 0.124 e. The zero-order valence-electron chi connectivity index (χ0n) is 10.6. The van der Waals surface area contributed by atoms with Crippen LogP contribution < -0.4 is 5.73 Å². The third-order valence-electron chi connectivity index (χ3n) is 1.96. The largest absolute Gasteiger partial charge is 0.744 e. The van der Waals surface area contributed by atoms with Crippen LogP contribution in [-0.2, 0) is 10.1 Å². The summed E-state index contributed by atoms with van der Waals surface area (Å²) in [5, 5.41) is 0. The summed E-state index contributed by atoms with van der Waals surface area (Å²) < 4.78 is 30.8. The Bertz CT molecular complexity index is 407. The molecule has 0 fully saturated rings. The van der Waals surface area contributed by atoms with Gasteiger partial charge in [-0.3, -0.25) is 0 Å². The highest BCUT2D eigenvalue weighted by Gasteiger charge is 2.07. The summed E-state index contributed by atoms with van der Waals surface area (Å²) >= 11 is 0. The molecule has 17 heavy (non-hydrogen) atoms. The molecule has 0 aliphatic carbocycles. The second kappa shape index (κ2) is 6.74. The highest BCUT2D eigenvalue weighted by Crippen LogP contribution is 2.15. The maximum atomic E-state index is 10.3. The van der Waals surface area contributed by atoms with E-state index in [1.165, 1.54) is 30.7 Å². The summed E-state index contributed by atoms with van der Waals surface area (Å²) in [5.41, 5.74) is 4.26. The van der Waals surface area contributed by atoms with Gasteiger partial charge in [-0.05, 0) is 17.5 Å². The minimum Gasteiger partial charge on any atom is -0.744 e. The van der Waals surface area contributed by atoms with Gasteiger partial charge in [0.25, 0.3) is 0 Å². The van der Waals surface area contributed by atoms with E-state index >= 15 is 0 Å². The Morgan fingerprint density at radius 1 is 1.18 bits per heavy atom. The van der Waals surface area contributed by atoms with Crippen LogP contribution in [0, 0.1) is 5.41 Å². The minimum absolute atomic E-state index is 0.185. The zero-order chi connectivity index (χ0) is 13.5. The quantitative estimate of drug-likeness (QED) is 0.811. The van der Waals surface area contributed by atoms with Gasteiger partial charge in [-0.1, -0.05) is 39.0 Å². The lowest BCUT2D eigenvalue weighted by Gasteiger charge is -2.13. The molecule has 1 rings (SSSR count). The van der Waals surface area contributed by atoms with E-state index < -0.39 is 10.1 Å². The summed E-state index contributed by atoms with van der Waals surface area (Å²) in [7, 11) is -4.25. The molecule has 0 amide bonds. The van der Waals surface area contributed by atoms with Crippen LogP contribution in [0.25, 0.3) is 0 Å². The summed E-state index contributed by atoms with van der Waals surface area (Å²) in [6, 6.07) is 7.19. The molecule has 1 aromatic rings. The standard InChI is InChI=1S/C6H15N.C6H6O3S/c1-6(2,3)4-5-7;7-10(8,9)6-4-2-1-3-5-6/h4-5,7H2,1-3H3;1-5H,(H,7,8,9). The monoisotopic (exact) mass is 259 g/mol. The summed E-state index contributed by atoms with van der Waals surface area (Å²) in [4.78, 5) is -0.185. The Labute approximate surface area is 104 Å². The lowest BCUT2D eigenvalue weighted by atomic mass is 9.93. The van der Waals surface area contributed by atoms with Crippen molar-refractivity contribution in [3.8, 4) is 0 Å². The van der Waals surface area contributed by atoms with Crippen molar-refractivity contribution in [2.24, 2.45) is 5.41 Å². The Morgan fingerprint density at radius 2 is 1.65 bits per heavy atom. The fourth-order valence-corrected chi connectivity index (χ4v) is 1.61. The number of hydrogen-bond acceptors (Lipinski definition) is 3. The Balaban J connectivity index is 0.000000325. The molecule has 0 spiro atoms. The number of benzene rings is 1. The van der Waals surface area contributed by atoms with Crippen LogP contribution in [0.2, 0.25) is 0 Å². The topological polar surface area (TPSA) is 84.8 Å². The van der Waals surface area contributed by atoms with Crippen LogP contribution in [0.4, 0.5) is 0 Å². The molecule has 98 valence electrons. The van der Waals surface area contributed by atoms with Crippen molar-refractivity contribution in [2.45, 2.75) is 32.1 Å². The molecule has 0 atom stereocenters. The average Bonchev–Trinajstić information content (AvgIpc) is 2.17. The lowest BCUT2D eigenvalue weighted by Crippen LogP contribution is -2.51. The van der Waals surface area contributed by atoms with Crippen LogP contribution in [0.3, 0.4) is 0 Å². The summed E-state index contributed by atoms with van der Waals surface area (Å²) in [6.07, 6.45) is 1.23. The van der Waals surface area contributed by atoms with Crippen molar-refractivity contribution in [1.82, 2.24) is 0 Å². The van der Waals surface area contributed by atoms with Crippen LogP contribution >= 0.6 is 0 Å². The van der Waals surface area contributed by atoms with Crippen molar-refractivity contribution >= 4 is 10.1 Å². The predicted octanol–water partition coefficient (Wildman–Crippen LogP) is 1.26. The molecule has 1 aromatic carbocycles. The van der Waals surface area contributed by atoms with E-state index in [1.807, 2.05) is 0 Å². The molecule has 3 N–H and O–H groups in total. The summed E-state index contributed by atoms with van der Waals surface area (Å²) in [6.45, 7) is 7.76. The van der Waals surface area contributed by atoms with Crippen LogP contribution in [0.15, 0.2) is 35.2 Å². The first-order chi connectivity index (χ1) is 7.67. The number of hydrogen-bond donors (Lipinski definition) is 1. The third-order valence-corrected chi connectivity index (χ3v) is 2.81. The second-order valence-electron chi connectivity index (χ2n) is 4.93. The maximum absolute atomic E-state index is 10.3. The van der Waals surface area contributed by atoms with Crippen LogP contribution in [0.5, 0.6) is 0 Å². The molecule has 0 aromatic heterocycles. The molecule has 0 bridgehead atoms. The first-order valence-corrected chi connectivity index (χ1v) is 6.88. The van der Waals surface area contributed by atoms with Gasteiger partial charge in [0.05, 0.1) is 11.4 Å². The zero-order valence-corrected chi connectivity index (χ0v) is 11.5. The third kappa shape index (κ3) is 8.85. The van der Waals surface area contributed by atoms with Crippen molar-refractivity contribution in [3.63, 3.8) is 0 Å². The molecule has 0 heterocycles. The van der Waals surface area contributed by atoms with Gasteiger partial charge >= 0.3 is 0 Å². The molecule has 5 heteroatoms. The fraction of sp³-hybridized carbons (Fsp3) is 0.500. The first kappa shape index (κ1) is 16.1. The molecule has 0 aliphatic rings. The fourth-order valence-electron chi connectivity index (χ4n) is 1.12. The van der Waals surface area contributed by atoms with Gasteiger partial charge in [0.1, 0.15) is 10.1 Å². The van der Waals surface area contributed by atoms with Gasteiger partial charge < -0.3 is 10.3 Å². The van der Waals surface area contributed by atoms with Crippen molar-refractivity contribution in [1.29, 1.82) is 0 Å². The van der Waals surface area contributed by atoms with E-state index in [-0.39, 0.29) is 4.90 Å². The Morgan fingerprint density at radius 3 is 1.82 bits per heavy atom. The SMILES string of the molecule is CC(C)(C)CC[NH3+].O=S(=O)([O-])c1ccccc1.